The molecule has 1 aliphatic rings. The van der Waals surface area contributed by atoms with Crippen molar-refractivity contribution in [1.82, 2.24) is 0 Å². The zero-order valence-electron chi connectivity index (χ0n) is 20.0. The number of anilines is 1. The smallest absolute Gasteiger partial charge is 0.300 e. The highest BCUT2D eigenvalue weighted by atomic mass is 35.5. The lowest BCUT2D eigenvalue weighted by atomic mass is 9.84. The van der Waals surface area contributed by atoms with E-state index in [0.717, 1.165) is 22.3 Å². The van der Waals surface area contributed by atoms with Crippen LogP contribution in [-0.2, 0) is 15.0 Å². The van der Waals surface area contributed by atoms with E-state index in [0.29, 0.717) is 16.3 Å². The summed E-state index contributed by atoms with van der Waals surface area (Å²) in [6.45, 7) is 10.1. The number of hydrogen-bond donors (Lipinski definition) is 1. The molecule has 1 fully saturated rings. The summed E-state index contributed by atoms with van der Waals surface area (Å²) in [4.78, 5) is 28.2. The Morgan fingerprint density at radius 1 is 0.941 bits per heavy atom. The molecular weight excluding hydrogens is 446 g/mol. The van der Waals surface area contributed by atoms with E-state index in [-0.39, 0.29) is 16.7 Å². The molecule has 1 heterocycles. The van der Waals surface area contributed by atoms with Gasteiger partial charge in [0.05, 0.1) is 11.6 Å². The molecule has 3 aromatic carbocycles. The summed E-state index contributed by atoms with van der Waals surface area (Å²) >= 11 is 6.07. The van der Waals surface area contributed by atoms with Crippen LogP contribution in [-0.4, -0.2) is 16.8 Å². The van der Waals surface area contributed by atoms with Crippen LogP contribution in [0.15, 0.2) is 72.3 Å². The molecule has 0 saturated carbocycles. The van der Waals surface area contributed by atoms with E-state index in [1.807, 2.05) is 56.3 Å². The van der Waals surface area contributed by atoms with Gasteiger partial charge in [-0.2, -0.15) is 0 Å². The van der Waals surface area contributed by atoms with Gasteiger partial charge in [0.1, 0.15) is 5.76 Å². The maximum absolute atomic E-state index is 13.4. The number of amides is 1. The predicted molar refractivity (Wildman–Crippen MR) is 137 cm³/mol. The van der Waals surface area contributed by atoms with Crippen molar-refractivity contribution in [3.63, 3.8) is 0 Å². The minimum absolute atomic E-state index is 0.0831. The second-order valence-corrected chi connectivity index (χ2v) is 10.3. The molecular formula is C29H28ClNO3. The van der Waals surface area contributed by atoms with E-state index < -0.39 is 17.7 Å². The molecule has 0 aromatic heterocycles. The summed E-state index contributed by atoms with van der Waals surface area (Å²) in [5.41, 5.74) is 4.63. The normalized spacial score (nSPS) is 17.9. The van der Waals surface area contributed by atoms with Crippen molar-refractivity contribution in [3.05, 3.63) is 105 Å². The largest absolute Gasteiger partial charge is 0.507 e. The molecule has 0 aliphatic carbocycles. The zero-order chi connectivity index (χ0) is 24.8. The molecule has 3 aromatic rings. The molecule has 5 heteroatoms. The maximum atomic E-state index is 13.4. The Kier molecular flexibility index (Phi) is 6.13. The van der Waals surface area contributed by atoms with Crippen LogP contribution in [0.3, 0.4) is 0 Å². The van der Waals surface area contributed by atoms with E-state index in [9.17, 15) is 14.7 Å². The summed E-state index contributed by atoms with van der Waals surface area (Å²) in [6, 6.07) is 19.5. The van der Waals surface area contributed by atoms with Gasteiger partial charge in [0.25, 0.3) is 11.7 Å². The zero-order valence-corrected chi connectivity index (χ0v) is 20.8. The van der Waals surface area contributed by atoms with Gasteiger partial charge in [0, 0.05) is 16.3 Å². The fraction of sp³-hybridized carbons (Fsp3) is 0.241. The highest BCUT2D eigenvalue weighted by Gasteiger charge is 2.47. The quantitative estimate of drug-likeness (QED) is 0.256. The van der Waals surface area contributed by atoms with Gasteiger partial charge in [0.2, 0.25) is 0 Å². The maximum Gasteiger partial charge on any atom is 0.300 e. The second-order valence-electron chi connectivity index (χ2n) is 9.84. The van der Waals surface area contributed by atoms with Crippen molar-refractivity contribution in [2.75, 3.05) is 4.90 Å². The van der Waals surface area contributed by atoms with E-state index in [1.54, 1.807) is 24.3 Å². The minimum atomic E-state index is -0.765. The number of carbonyl (C=O) groups excluding carboxylic acids is 2. The molecule has 34 heavy (non-hydrogen) atoms. The number of Topliss-reactive ketones (excluding diaryl/α,β-unsaturated/α-hetero) is 1. The first kappa shape index (κ1) is 23.8. The first-order valence-corrected chi connectivity index (χ1v) is 11.6. The van der Waals surface area contributed by atoms with Gasteiger partial charge in [0.15, 0.2) is 0 Å². The lowest BCUT2D eigenvalue weighted by Gasteiger charge is -2.26. The average molecular weight is 474 g/mol. The number of aliphatic hydroxyl groups excluding tert-OH is 1. The van der Waals surface area contributed by atoms with Gasteiger partial charge in [-0.1, -0.05) is 74.3 Å². The number of halogens is 1. The number of ketones is 1. The number of aryl methyl sites for hydroxylation is 2. The number of nitrogens with zero attached hydrogens (tertiary/aromatic N) is 1. The van der Waals surface area contributed by atoms with Gasteiger partial charge in [-0.15, -0.1) is 0 Å². The lowest BCUT2D eigenvalue weighted by Crippen LogP contribution is -2.29. The fourth-order valence-electron chi connectivity index (χ4n) is 4.34. The molecule has 1 N–H and O–H groups in total. The Morgan fingerprint density at radius 3 is 2.24 bits per heavy atom. The van der Waals surface area contributed by atoms with Gasteiger partial charge in [-0.3, -0.25) is 14.5 Å². The Labute approximate surface area is 205 Å². The van der Waals surface area contributed by atoms with Gasteiger partial charge < -0.3 is 5.11 Å². The van der Waals surface area contributed by atoms with Crippen LogP contribution in [0.5, 0.6) is 0 Å². The van der Waals surface area contributed by atoms with E-state index in [1.165, 1.54) is 4.90 Å². The third kappa shape index (κ3) is 4.26. The lowest BCUT2D eigenvalue weighted by molar-refractivity contribution is -0.132. The van der Waals surface area contributed by atoms with Crippen LogP contribution in [0.1, 0.15) is 54.6 Å². The fourth-order valence-corrected chi connectivity index (χ4v) is 4.47. The molecule has 1 amide bonds. The number of hydrogen-bond acceptors (Lipinski definition) is 3. The van der Waals surface area contributed by atoms with Crippen molar-refractivity contribution in [3.8, 4) is 0 Å². The highest BCUT2D eigenvalue weighted by molar-refractivity contribution is 6.51. The van der Waals surface area contributed by atoms with Gasteiger partial charge in [-0.05, 0) is 66.3 Å². The molecule has 4 nitrogen and oxygen atoms in total. The van der Waals surface area contributed by atoms with Crippen LogP contribution in [0.4, 0.5) is 5.69 Å². The van der Waals surface area contributed by atoms with Crippen LogP contribution < -0.4 is 4.90 Å². The van der Waals surface area contributed by atoms with Crippen LogP contribution in [0, 0.1) is 13.8 Å². The number of carbonyl (C=O) groups is 2. The molecule has 1 unspecified atom stereocenters. The molecule has 0 bridgehead atoms. The standard InChI is InChI=1S/C29H28ClNO3/c1-17-7-6-8-19(15-17)25-24(26(32)23-16-20(29(3,4)5)10-9-18(23)2)27(33)28(34)31(25)22-13-11-21(30)12-14-22/h6-16,25,32H,1-5H3/b26-24+. The molecule has 174 valence electrons. The molecule has 1 aliphatic heterocycles. The molecule has 1 saturated heterocycles. The van der Waals surface area contributed by atoms with Crippen LogP contribution in [0.25, 0.3) is 5.76 Å². The molecule has 0 radical (unpaired) electrons. The summed E-state index contributed by atoms with van der Waals surface area (Å²) < 4.78 is 0. The second kappa shape index (κ2) is 8.77. The SMILES string of the molecule is Cc1cccc(C2/C(=C(\O)c3cc(C(C)(C)C)ccc3C)C(=O)C(=O)N2c2ccc(Cl)cc2)c1. The Bertz CT molecular complexity index is 1320. The first-order valence-electron chi connectivity index (χ1n) is 11.2. The number of rotatable bonds is 3. The van der Waals surface area contributed by atoms with E-state index in [4.69, 9.17) is 11.6 Å². The number of benzene rings is 3. The van der Waals surface area contributed by atoms with E-state index in [2.05, 4.69) is 20.8 Å². The van der Waals surface area contributed by atoms with E-state index >= 15 is 0 Å². The van der Waals surface area contributed by atoms with Crippen molar-refractivity contribution in [2.45, 2.75) is 46.1 Å². The Balaban J connectivity index is 1.98. The predicted octanol–water partition coefficient (Wildman–Crippen LogP) is 6.88. The average Bonchev–Trinajstić information content (AvgIpc) is 3.04. The third-order valence-corrected chi connectivity index (χ3v) is 6.52. The van der Waals surface area contributed by atoms with Crippen molar-refractivity contribution in [2.24, 2.45) is 0 Å². The summed E-state index contributed by atoms with van der Waals surface area (Å²) in [5.74, 6) is -1.55. The van der Waals surface area contributed by atoms with Gasteiger partial charge >= 0.3 is 0 Å². The van der Waals surface area contributed by atoms with Crippen LogP contribution in [0.2, 0.25) is 5.02 Å². The topological polar surface area (TPSA) is 57.6 Å². The summed E-state index contributed by atoms with van der Waals surface area (Å²) in [6.07, 6.45) is 0. The van der Waals surface area contributed by atoms with Crippen LogP contribution >= 0.6 is 11.6 Å². The Morgan fingerprint density at radius 2 is 1.62 bits per heavy atom. The molecule has 4 rings (SSSR count). The summed E-state index contributed by atoms with van der Waals surface area (Å²) in [7, 11) is 0. The van der Waals surface area contributed by atoms with Crippen molar-refractivity contribution >= 4 is 34.7 Å². The highest BCUT2D eigenvalue weighted by Crippen LogP contribution is 2.43. The third-order valence-electron chi connectivity index (χ3n) is 6.27. The van der Waals surface area contributed by atoms with Crippen molar-refractivity contribution in [1.29, 1.82) is 0 Å². The minimum Gasteiger partial charge on any atom is -0.507 e. The molecule has 1 atom stereocenters. The summed E-state index contributed by atoms with van der Waals surface area (Å²) in [5, 5.41) is 12.1. The van der Waals surface area contributed by atoms with Crippen molar-refractivity contribution < 1.29 is 14.7 Å². The first-order chi connectivity index (χ1) is 16.0. The monoisotopic (exact) mass is 473 g/mol. The van der Waals surface area contributed by atoms with Gasteiger partial charge in [-0.25, -0.2) is 0 Å². The Hall–Kier alpha value is -3.37. The number of aliphatic hydroxyl groups is 1. The molecule has 0 spiro atoms.